The minimum atomic E-state index is -0.306. The lowest BCUT2D eigenvalue weighted by Gasteiger charge is -2.11. The number of hydrogen-bond acceptors (Lipinski definition) is 4. The molecule has 2 aromatic heterocycles. The van der Waals surface area contributed by atoms with E-state index in [1.807, 2.05) is 23.7 Å². The van der Waals surface area contributed by atoms with Gasteiger partial charge in [0, 0.05) is 22.5 Å². The number of pyridine rings is 1. The molecule has 3 nitrogen and oxygen atoms in total. The smallest absolute Gasteiger partial charge is 0.127 e. The maximum absolute atomic E-state index is 14.4. The molecule has 0 atom stereocenters. The Morgan fingerprint density at radius 3 is 2.83 bits per heavy atom. The number of nitrogens with zero attached hydrogens (tertiary/aromatic N) is 1. The van der Waals surface area contributed by atoms with Gasteiger partial charge in [-0.3, -0.25) is 4.98 Å². The van der Waals surface area contributed by atoms with E-state index in [0.717, 1.165) is 21.0 Å². The molecule has 0 radical (unpaired) electrons. The molecular weight excluding hydrogens is 323 g/mol. The van der Waals surface area contributed by atoms with Crippen LogP contribution in [0.25, 0.3) is 32.1 Å². The van der Waals surface area contributed by atoms with Crippen LogP contribution in [-0.4, -0.2) is 16.6 Å². The minimum Gasteiger partial charge on any atom is -0.507 e. The quantitative estimate of drug-likeness (QED) is 0.580. The summed E-state index contributed by atoms with van der Waals surface area (Å²) in [5.41, 5.74) is 8.12. The van der Waals surface area contributed by atoms with Crippen molar-refractivity contribution in [3.63, 3.8) is 0 Å². The molecule has 3 N–H and O–H groups in total. The molecule has 0 amide bonds. The van der Waals surface area contributed by atoms with E-state index in [0.29, 0.717) is 29.7 Å². The Balaban J connectivity index is 2.04. The fraction of sp³-hybridized carbons (Fsp3) is 0.105. The summed E-state index contributed by atoms with van der Waals surface area (Å²) in [6.07, 6.45) is 2.32. The second-order valence-electron chi connectivity index (χ2n) is 5.66. The molecule has 2 heterocycles. The van der Waals surface area contributed by atoms with Gasteiger partial charge in [-0.1, -0.05) is 12.1 Å². The van der Waals surface area contributed by atoms with Gasteiger partial charge in [-0.05, 0) is 53.7 Å². The number of phenolic OH excluding ortho intramolecular Hbond substituents is 1. The Hall–Kier alpha value is -2.50. The molecule has 24 heavy (non-hydrogen) atoms. The molecule has 5 heteroatoms. The third-order valence-electron chi connectivity index (χ3n) is 4.20. The molecule has 0 aliphatic carbocycles. The van der Waals surface area contributed by atoms with E-state index in [1.54, 1.807) is 29.5 Å². The monoisotopic (exact) mass is 338 g/mol. The Morgan fingerprint density at radius 2 is 2.04 bits per heavy atom. The topological polar surface area (TPSA) is 59.1 Å². The summed E-state index contributed by atoms with van der Waals surface area (Å²) in [5.74, 6) is -0.186. The van der Waals surface area contributed by atoms with Crippen molar-refractivity contribution in [2.75, 3.05) is 6.54 Å². The van der Waals surface area contributed by atoms with E-state index in [9.17, 15) is 9.50 Å². The number of aromatic nitrogens is 1. The van der Waals surface area contributed by atoms with E-state index in [4.69, 9.17) is 5.73 Å². The van der Waals surface area contributed by atoms with Crippen LogP contribution < -0.4 is 5.73 Å². The second-order valence-corrected chi connectivity index (χ2v) is 6.60. The zero-order valence-corrected chi connectivity index (χ0v) is 13.6. The first-order valence-electron chi connectivity index (χ1n) is 7.66. The van der Waals surface area contributed by atoms with Crippen molar-refractivity contribution in [1.29, 1.82) is 0 Å². The van der Waals surface area contributed by atoms with Gasteiger partial charge in [-0.15, -0.1) is 11.3 Å². The molecule has 4 aromatic rings. The van der Waals surface area contributed by atoms with Gasteiger partial charge < -0.3 is 10.8 Å². The van der Waals surface area contributed by atoms with Gasteiger partial charge in [0.15, 0.2) is 0 Å². The first-order valence-corrected chi connectivity index (χ1v) is 8.54. The summed E-state index contributed by atoms with van der Waals surface area (Å²) in [6.45, 7) is 0.398. The molecule has 120 valence electrons. The lowest BCUT2D eigenvalue weighted by molar-refractivity contribution is 0.478. The number of fused-ring (bicyclic) bond motifs is 3. The third kappa shape index (κ3) is 2.33. The normalized spacial score (nSPS) is 11.4. The summed E-state index contributed by atoms with van der Waals surface area (Å²) in [7, 11) is 0. The van der Waals surface area contributed by atoms with Gasteiger partial charge in [0.05, 0.1) is 10.2 Å². The molecule has 0 spiro atoms. The molecule has 4 rings (SSSR count). The SMILES string of the molecule is NCCc1ccc(-c2c(O)ccc3ncc4sccc4c23)cc1F. The highest BCUT2D eigenvalue weighted by atomic mass is 32.1. The Morgan fingerprint density at radius 1 is 1.17 bits per heavy atom. The second kappa shape index (κ2) is 5.85. The number of nitrogens with two attached hydrogens (primary N) is 1. The van der Waals surface area contributed by atoms with Gasteiger partial charge in [-0.2, -0.15) is 0 Å². The number of phenols is 1. The largest absolute Gasteiger partial charge is 0.507 e. The molecule has 0 aliphatic heterocycles. The van der Waals surface area contributed by atoms with Crippen molar-refractivity contribution in [2.24, 2.45) is 5.73 Å². The average molecular weight is 338 g/mol. The van der Waals surface area contributed by atoms with Crippen LogP contribution in [0.2, 0.25) is 0 Å². The predicted octanol–water partition coefficient (Wildman–Crippen LogP) is 4.46. The number of aromatic hydroxyl groups is 1. The molecule has 0 unspecified atom stereocenters. The van der Waals surface area contributed by atoms with Crippen molar-refractivity contribution in [3.05, 3.63) is 59.4 Å². The van der Waals surface area contributed by atoms with Crippen LogP contribution in [0.5, 0.6) is 5.75 Å². The van der Waals surface area contributed by atoms with Crippen LogP contribution in [0.4, 0.5) is 4.39 Å². The minimum absolute atomic E-state index is 0.119. The molecule has 0 saturated heterocycles. The number of rotatable bonds is 3. The molecule has 2 aromatic carbocycles. The van der Waals surface area contributed by atoms with Crippen molar-refractivity contribution < 1.29 is 9.50 Å². The number of thiophene rings is 1. The lowest BCUT2D eigenvalue weighted by Crippen LogP contribution is -2.04. The van der Waals surface area contributed by atoms with Crippen LogP contribution in [-0.2, 0) is 6.42 Å². The maximum atomic E-state index is 14.4. The molecule has 0 aliphatic rings. The fourth-order valence-electron chi connectivity index (χ4n) is 3.07. The number of benzene rings is 2. The van der Waals surface area contributed by atoms with E-state index in [-0.39, 0.29) is 11.6 Å². The summed E-state index contributed by atoms with van der Waals surface area (Å²) in [4.78, 5) is 4.47. The van der Waals surface area contributed by atoms with Crippen LogP contribution in [0.15, 0.2) is 48.0 Å². The Bertz CT molecular complexity index is 1060. The summed E-state index contributed by atoms with van der Waals surface area (Å²) < 4.78 is 15.4. The van der Waals surface area contributed by atoms with Crippen LogP contribution in [0.3, 0.4) is 0 Å². The van der Waals surface area contributed by atoms with Gasteiger partial charge in [0.2, 0.25) is 0 Å². The fourth-order valence-corrected chi connectivity index (χ4v) is 3.83. The lowest BCUT2D eigenvalue weighted by atomic mass is 9.96. The van der Waals surface area contributed by atoms with E-state index in [2.05, 4.69) is 4.98 Å². The van der Waals surface area contributed by atoms with Gasteiger partial charge in [-0.25, -0.2) is 4.39 Å². The number of halogens is 1. The van der Waals surface area contributed by atoms with Crippen molar-refractivity contribution in [2.45, 2.75) is 6.42 Å². The van der Waals surface area contributed by atoms with Crippen molar-refractivity contribution in [3.8, 4) is 16.9 Å². The summed E-state index contributed by atoms with van der Waals surface area (Å²) >= 11 is 1.59. The standard InChI is InChI=1S/C19H15FN2OS/c20-14-9-12(2-1-11(14)5-7-21)18-16(23)4-3-15-19(18)13-6-8-24-17(13)10-22-15/h1-4,6,8-10,23H,5,7,21H2. The van der Waals surface area contributed by atoms with Gasteiger partial charge >= 0.3 is 0 Å². The highest BCUT2D eigenvalue weighted by Crippen LogP contribution is 2.40. The average Bonchev–Trinajstić information content (AvgIpc) is 3.06. The molecular formula is C19H15FN2OS. The zero-order chi connectivity index (χ0) is 16.7. The number of hydrogen-bond donors (Lipinski definition) is 2. The van der Waals surface area contributed by atoms with E-state index < -0.39 is 0 Å². The zero-order valence-electron chi connectivity index (χ0n) is 12.8. The highest BCUT2D eigenvalue weighted by molar-refractivity contribution is 7.17. The summed E-state index contributed by atoms with van der Waals surface area (Å²) in [5, 5.41) is 14.3. The van der Waals surface area contributed by atoms with Gasteiger partial charge in [0.25, 0.3) is 0 Å². The Kier molecular flexibility index (Phi) is 3.67. The highest BCUT2D eigenvalue weighted by Gasteiger charge is 2.15. The Labute approximate surface area is 142 Å². The first kappa shape index (κ1) is 15.1. The molecule has 0 fully saturated rings. The molecule has 0 bridgehead atoms. The van der Waals surface area contributed by atoms with E-state index in [1.165, 1.54) is 6.07 Å². The van der Waals surface area contributed by atoms with Gasteiger partial charge in [0.1, 0.15) is 11.6 Å². The first-order chi connectivity index (χ1) is 11.7. The predicted molar refractivity (Wildman–Crippen MR) is 96.9 cm³/mol. The van der Waals surface area contributed by atoms with Crippen LogP contribution in [0.1, 0.15) is 5.56 Å². The molecule has 0 saturated carbocycles. The van der Waals surface area contributed by atoms with Crippen molar-refractivity contribution in [1.82, 2.24) is 4.98 Å². The van der Waals surface area contributed by atoms with Crippen LogP contribution >= 0.6 is 11.3 Å². The third-order valence-corrected chi connectivity index (χ3v) is 5.05. The summed E-state index contributed by atoms with van der Waals surface area (Å²) in [6, 6.07) is 10.4. The van der Waals surface area contributed by atoms with Crippen molar-refractivity contribution >= 4 is 32.3 Å². The maximum Gasteiger partial charge on any atom is 0.127 e. The van der Waals surface area contributed by atoms with Crippen LogP contribution in [0, 0.1) is 5.82 Å². The van der Waals surface area contributed by atoms with E-state index >= 15 is 0 Å².